The molecule has 2 aromatic carbocycles. The van der Waals surface area contributed by atoms with E-state index in [2.05, 4.69) is 5.32 Å². The van der Waals surface area contributed by atoms with Gasteiger partial charge in [-0.1, -0.05) is 60.7 Å². The van der Waals surface area contributed by atoms with Crippen molar-refractivity contribution in [2.45, 2.75) is 25.2 Å². The summed E-state index contributed by atoms with van der Waals surface area (Å²) >= 11 is 0. The third-order valence-corrected chi connectivity index (χ3v) is 3.47. The first-order valence-corrected chi connectivity index (χ1v) is 7.49. The van der Waals surface area contributed by atoms with Crippen molar-refractivity contribution in [2.75, 3.05) is 6.61 Å². The zero-order chi connectivity index (χ0) is 16.5. The van der Waals surface area contributed by atoms with Gasteiger partial charge in [0.1, 0.15) is 6.61 Å². The molecule has 0 aliphatic carbocycles. The molecule has 2 atom stereocenters. The predicted octanol–water partition coefficient (Wildman–Crippen LogP) is 1.88. The molecule has 0 radical (unpaired) electrons. The molecule has 0 spiro atoms. The molecule has 1 amide bonds. The minimum atomic E-state index is -1.06. The second kappa shape index (κ2) is 8.92. The van der Waals surface area contributed by atoms with Crippen molar-refractivity contribution in [3.05, 3.63) is 71.8 Å². The Morgan fingerprint density at radius 3 is 2.13 bits per heavy atom. The highest BCUT2D eigenvalue weighted by Crippen LogP contribution is 2.07. The fraction of sp³-hybridized carbons (Fsp3) is 0.278. The lowest BCUT2D eigenvalue weighted by Crippen LogP contribution is -2.46. The van der Waals surface area contributed by atoms with Crippen LogP contribution in [0, 0.1) is 0 Å². The van der Waals surface area contributed by atoms with Gasteiger partial charge in [0.25, 0.3) is 0 Å². The van der Waals surface area contributed by atoms with Gasteiger partial charge < -0.3 is 20.3 Å². The molecule has 0 saturated heterocycles. The summed E-state index contributed by atoms with van der Waals surface area (Å²) in [5, 5.41) is 21.7. The molecule has 0 saturated carbocycles. The van der Waals surface area contributed by atoms with E-state index >= 15 is 0 Å². The fourth-order valence-electron chi connectivity index (χ4n) is 2.19. The molecule has 0 bridgehead atoms. The van der Waals surface area contributed by atoms with Crippen LogP contribution in [0.5, 0.6) is 0 Å². The van der Waals surface area contributed by atoms with Gasteiger partial charge in [-0.25, -0.2) is 4.79 Å². The maximum Gasteiger partial charge on any atom is 0.407 e. The second-order valence-corrected chi connectivity index (χ2v) is 5.25. The van der Waals surface area contributed by atoms with Crippen molar-refractivity contribution in [2.24, 2.45) is 0 Å². The van der Waals surface area contributed by atoms with Crippen LogP contribution in [0.1, 0.15) is 11.1 Å². The van der Waals surface area contributed by atoms with Gasteiger partial charge in [-0.2, -0.15) is 0 Å². The van der Waals surface area contributed by atoms with Crippen LogP contribution in [-0.4, -0.2) is 35.1 Å². The molecule has 3 N–H and O–H groups in total. The smallest absolute Gasteiger partial charge is 0.407 e. The van der Waals surface area contributed by atoms with Gasteiger partial charge in [0.05, 0.1) is 18.8 Å². The summed E-state index contributed by atoms with van der Waals surface area (Å²) < 4.78 is 5.15. The molecule has 0 fully saturated rings. The van der Waals surface area contributed by atoms with Crippen LogP contribution in [0.25, 0.3) is 0 Å². The number of rotatable bonds is 7. The van der Waals surface area contributed by atoms with Gasteiger partial charge in [0.15, 0.2) is 0 Å². The zero-order valence-electron chi connectivity index (χ0n) is 12.8. The van der Waals surface area contributed by atoms with Gasteiger partial charge in [0.2, 0.25) is 0 Å². The minimum absolute atomic E-state index is 0.153. The monoisotopic (exact) mass is 315 g/mol. The highest BCUT2D eigenvalue weighted by atomic mass is 16.5. The number of alkyl carbamates (subject to hydrolysis) is 1. The van der Waals surface area contributed by atoms with E-state index < -0.39 is 24.8 Å². The number of hydrogen-bond acceptors (Lipinski definition) is 4. The molecule has 0 unspecified atom stereocenters. The largest absolute Gasteiger partial charge is 0.445 e. The quantitative estimate of drug-likeness (QED) is 0.729. The van der Waals surface area contributed by atoms with Crippen molar-refractivity contribution in [3.63, 3.8) is 0 Å². The molecule has 0 aliphatic heterocycles. The summed E-state index contributed by atoms with van der Waals surface area (Å²) in [5.41, 5.74) is 1.83. The van der Waals surface area contributed by atoms with E-state index in [1.165, 1.54) is 0 Å². The van der Waals surface area contributed by atoms with Crippen molar-refractivity contribution >= 4 is 6.09 Å². The predicted molar refractivity (Wildman–Crippen MR) is 86.8 cm³/mol. The molecular weight excluding hydrogens is 294 g/mol. The molecule has 0 heterocycles. The van der Waals surface area contributed by atoms with Crippen molar-refractivity contribution in [3.8, 4) is 0 Å². The van der Waals surface area contributed by atoms with E-state index in [9.17, 15) is 9.90 Å². The molecule has 122 valence electrons. The van der Waals surface area contributed by atoms with Crippen molar-refractivity contribution in [1.29, 1.82) is 0 Å². The van der Waals surface area contributed by atoms with Gasteiger partial charge in [-0.3, -0.25) is 0 Å². The average Bonchev–Trinajstić information content (AvgIpc) is 2.60. The number of benzene rings is 2. The van der Waals surface area contributed by atoms with E-state index in [4.69, 9.17) is 9.84 Å². The summed E-state index contributed by atoms with van der Waals surface area (Å²) in [7, 11) is 0. The number of carbonyl (C=O) groups is 1. The SMILES string of the molecule is O=C(N[C@H](Cc1ccccc1)[C@@H](O)CO)OCc1ccccc1. The number of ether oxygens (including phenoxy) is 1. The number of aliphatic hydroxyl groups excluding tert-OH is 2. The molecule has 23 heavy (non-hydrogen) atoms. The first-order chi connectivity index (χ1) is 11.2. The summed E-state index contributed by atoms with van der Waals surface area (Å²) in [6.45, 7) is -0.281. The maximum atomic E-state index is 11.9. The molecule has 0 aliphatic rings. The molecule has 5 heteroatoms. The Morgan fingerprint density at radius 2 is 1.57 bits per heavy atom. The van der Waals surface area contributed by atoms with Crippen LogP contribution in [0.4, 0.5) is 4.79 Å². The topological polar surface area (TPSA) is 78.8 Å². The van der Waals surface area contributed by atoms with Gasteiger partial charge in [-0.15, -0.1) is 0 Å². The summed E-state index contributed by atoms with van der Waals surface area (Å²) in [6, 6.07) is 18.2. The molecule has 2 rings (SSSR count). The Morgan fingerprint density at radius 1 is 1.00 bits per heavy atom. The number of carbonyl (C=O) groups excluding carboxylic acids is 1. The Balaban J connectivity index is 1.90. The van der Waals surface area contributed by atoms with Crippen LogP contribution in [0.15, 0.2) is 60.7 Å². The van der Waals surface area contributed by atoms with Gasteiger partial charge >= 0.3 is 6.09 Å². The zero-order valence-corrected chi connectivity index (χ0v) is 12.8. The summed E-state index contributed by atoms with van der Waals surface area (Å²) in [6.07, 6.45) is -1.27. The normalized spacial score (nSPS) is 13.1. The molecule has 5 nitrogen and oxygen atoms in total. The highest BCUT2D eigenvalue weighted by Gasteiger charge is 2.21. The fourth-order valence-corrected chi connectivity index (χ4v) is 2.19. The highest BCUT2D eigenvalue weighted by molar-refractivity contribution is 5.67. The Hall–Kier alpha value is -2.37. The van der Waals surface area contributed by atoms with E-state index in [-0.39, 0.29) is 6.61 Å². The first-order valence-electron chi connectivity index (χ1n) is 7.49. The third kappa shape index (κ3) is 5.73. The molecular formula is C18H21NO4. The average molecular weight is 315 g/mol. The summed E-state index contributed by atoms with van der Waals surface area (Å²) in [4.78, 5) is 11.9. The van der Waals surface area contributed by atoms with Gasteiger partial charge in [-0.05, 0) is 17.5 Å². The minimum Gasteiger partial charge on any atom is -0.445 e. The molecule has 2 aromatic rings. The number of aliphatic hydroxyl groups is 2. The van der Waals surface area contributed by atoms with E-state index in [0.717, 1.165) is 11.1 Å². The van der Waals surface area contributed by atoms with Gasteiger partial charge in [0, 0.05) is 0 Å². The third-order valence-electron chi connectivity index (χ3n) is 3.47. The van der Waals surface area contributed by atoms with Crippen molar-refractivity contribution < 1.29 is 19.7 Å². The second-order valence-electron chi connectivity index (χ2n) is 5.25. The number of amides is 1. The van der Waals surface area contributed by atoms with Crippen LogP contribution in [-0.2, 0) is 17.8 Å². The number of hydrogen-bond donors (Lipinski definition) is 3. The van der Waals surface area contributed by atoms with E-state index in [0.29, 0.717) is 6.42 Å². The first kappa shape index (κ1) is 17.0. The Bertz CT molecular complexity index is 588. The van der Waals surface area contributed by atoms with Crippen LogP contribution >= 0.6 is 0 Å². The number of nitrogens with one attached hydrogen (secondary N) is 1. The van der Waals surface area contributed by atoms with E-state index in [1.807, 2.05) is 60.7 Å². The van der Waals surface area contributed by atoms with E-state index in [1.54, 1.807) is 0 Å². The standard InChI is InChI=1S/C18H21NO4/c20-12-17(21)16(11-14-7-3-1-4-8-14)19-18(22)23-13-15-9-5-2-6-10-15/h1-10,16-17,20-21H,11-13H2,(H,19,22)/t16-,17+/m1/s1. The van der Waals surface area contributed by atoms with Crippen LogP contribution in [0.2, 0.25) is 0 Å². The lowest BCUT2D eigenvalue weighted by Gasteiger charge is -2.22. The Labute approximate surface area is 135 Å². The summed E-state index contributed by atoms with van der Waals surface area (Å²) in [5.74, 6) is 0. The van der Waals surface area contributed by atoms with Crippen LogP contribution in [0.3, 0.4) is 0 Å². The van der Waals surface area contributed by atoms with Crippen LogP contribution < -0.4 is 5.32 Å². The maximum absolute atomic E-state index is 11.9. The van der Waals surface area contributed by atoms with Crippen molar-refractivity contribution in [1.82, 2.24) is 5.32 Å². The molecule has 0 aromatic heterocycles. The Kier molecular flexibility index (Phi) is 6.59. The lowest BCUT2D eigenvalue weighted by molar-refractivity contribution is 0.0574. The lowest BCUT2D eigenvalue weighted by atomic mass is 10.0.